The number of benzene rings is 1. The molecular formula is C20H23FN4O5S2. The van der Waals surface area contributed by atoms with E-state index in [9.17, 15) is 17.6 Å². The van der Waals surface area contributed by atoms with Crippen molar-refractivity contribution in [1.29, 1.82) is 0 Å². The molecule has 2 aromatic heterocycles. The van der Waals surface area contributed by atoms with E-state index in [1.54, 1.807) is 6.92 Å². The fourth-order valence-corrected chi connectivity index (χ4v) is 4.75. The highest BCUT2D eigenvalue weighted by molar-refractivity contribution is 7.89. The van der Waals surface area contributed by atoms with Crippen molar-refractivity contribution in [3.63, 3.8) is 0 Å². The zero-order valence-electron chi connectivity index (χ0n) is 16.6. The van der Waals surface area contributed by atoms with Gasteiger partial charge in [-0.1, -0.05) is 7.43 Å². The van der Waals surface area contributed by atoms with E-state index >= 15 is 0 Å². The molecule has 172 valence electrons. The maximum absolute atomic E-state index is 13.8. The Balaban J connectivity index is 0.00000289. The quantitative estimate of drug-likeness (QED) is 0.549. The average Bonchev–Trinajstić information content (AvgIpc) is 3.31. The minimum absolute atomic E-state index is 0. The van der Waals surface area contributed by atoms with Crippen molar-refractivity contribution in [2.75, 3.05) is 24.8 Å². The fourth-order valence-electron chi connectivity index (χ4n) is 3.21. The number of sulfonamides is 1. The number of hydrogen-bond donors (Lipinski definition) is 2. The van der Waals surface area contributed by atoms with Crippen molar-refractivity contribution in [2.45, 2.75) is 26.9 Å². The van der Waals surface area contributed by atoms with E-state index in [-0.39, 0.29) is 18.4 Å². The molecule has 1 aliphatic heterocycles. The molecule has 0 saturated carbocycles. The third-order valence-electron chi connectivity index (χ3n) is 4.59. The van der Waals surface area contributed by atoms with E-state index in [0.717, 1.165) is 17.6 Å². The first-order valence-corrected chi connectivity index (χ1v) is 12.0. The van der Waals surface area contributed by atoms with Gasteiger partial charge >= 0.3 is 0 Å². The number of nitrogens with zero attached hydrogens (tertiary/aromatic N) is 2. The first-order valence-electron chi connectivity index (χ1n) is 9.28. The molecule has 32 heavy (non-hydrogen) atoms. The molecule has 3 heterocycles. The Labute approximate surface area is 189 Å². The largest absolute Gasteiger partial charge is 0.486 e. The molecule has 0 radical (unpaired) electrons. The van der Waals surface area contributed by atoms with Crippen molar-refractivity contribution in [2.24, 2.45) is 0 Å². The van der Waals surface area contributed by atoms with Gasteiger partial charge in [-0.25, -0.2) is 27.5 Å². The summed E-state index contributed by atoms with van der Waals surface area (Å²) in [6.45, 7) is 2.69. The molecule has 1 atom stereocenters. The van der Waals surface area contributed by atoms with Crippen molar-refractivity contribution in [1.82, 2.24) is 14.7 Å². The second-order valence-corrected chi connectivity index (χ2v) is 9.78. The number of carbonyl (C=O) groups excluding carboxylic acids is 1. The topological polar surface area (TPSA) is 120 Å². The third kappa shape index (κ3) is 5.14. The lowest BCUT2D eigenvalue weighted by Gasteiger charge is -2.17. The minimum atomic E-state index is -3.71. The smallest absolute Gasteiger partial charge is 0.275 e. The lowest BCUT2D eigenvalue weighted by Crippen LogP contribution is -2.29. The molecule has 9 nitrogen and oxygen atoms in total. The van der Waals surface area contributed by atoms with E-state index < -0.39 is 21.7 Å². The van der Waals surface area contributed by atoms with Gasteiger partial charge in [-0.15, -0.1) is 11.3 Å². The number of nitrogens with one attached hydrogen (secondary N) is 2. The number of anilines is 2. The van der Waals surface area contributed by atoms with Gasteiger partial charge in [-0.05, 0) is 24.6 Å². The van der Waals surface area contributed by atoms with E-state index in [2.05, 4.69) is 15.3 Å². The van der Waals surface area contributed by atoms with Crippen molar-refractivity contribution < 1.29 is 27.1 Å². The van der Waals surface area contributed by atoms with E-state index in [0.29, 0.717) is 52.7 Å². The van der Waals surface area contributed by atoms with Gasteiger partial charge < -0.3 is 14.8 Å². The van der Waals surface area contributed by atoms with Crippen LogP contribution in [0.3, 0.4) is 0 Å². The summed E-state index contributed by atoms with van der Waals surface area (Å²) in [4.78, 5) is 21.6. The van der Waals surface area contributed by atoms with Crippen LogP contribution in [0, 0.1) is 12.7 Å². The Kier molecular flexibility index (Phi) is 6.96. The molecule has 0 aliphatic carbocycles. The number of amides is 1. The normalized spacial score (nSPS) is 15.9. The van der Waals surface area contributed by atoms with Crippen LogP contribution in [0.5, 0.6) is 5.75 Å². The number of carbonyl (C=O) groups is 1. The van der Waals surface area contributed by atoms with Crippen molar-refractivity contribution in [3.05, 3.63) is 40.8 Å². The van der Waals surface area contributed by atoms with E-state index in [1.165, 1.54) is 24.5 Å². The van der Waals surface area contributed by atoms with Crippen LogP contribution in [-0.4, -0.2) is 49.9 Å². The maximum atomic E-state index is 13.8. The molecule has 0 spiro atoms. The Morgan fingerprint density at radius 2 is 2.12 bits per heavy atom. The average molecular weight is 483 g/mol. The molecule has 2 N–H and O–H groups in total. The third-order valence-corrected chi connectivity index (χ3v) is 6.34. The van der Waals surface area contributed by atoms with Crippen LogP contribution in [-0.2, 0) is 14.8 Å². The van der Waals surface area contributed by atoms with Gasteiger partial charge in [0.15, 0.2) is 0 Å². The number of rotatable bonds is 6. The minimum Gasteiger partial charge on any atom is -0.486 e. The Bertz CT molecular complexity index is 1260. The van der Waals surface area contributed by atoms with Crippen LogP contribution < -0.4 is 14.8 Å². The monoisotopic (exact) mass is 482 g/mol. The SMILES string of the molecule is C.Cc1c(C(=O)NS(C)(=O)=O)sc2ncnc(Nc3ccc(F)cc3O[C@@H]3CCOC3)c12. The molecule has 1 aromatic carbocycles. The van der Waals surface area contributed by atoms with Crippen molar-refractivity contribution in [3.8, 4) is 5.75 Å². The summed E-state index contributed by atoms with van der Waals surface area (Å²) in [5.41, 5.74) is 1.01. The summed E-state index contributed by atoms with van der Waals surface area (Å²) in [5, 5.41) is 3.69. The van der Waals surface area contributed by atoms with Crippen molar-refractivity contribution >= 4 is 49.0 Å². The molecule has 1 fully saturated rings. The second kappa shape index (κ2) is 9.35. The highest BCUT2D eigenvalue weighted by Gasteiger charge is 2.23. The number of halogens is 1. The lowest BCUT2D eigenvalue weighted by atomic mass is 10.2. The van der Waals surface area contributed by atoms with Gasteiger partial charge in [0.2, 0.25) is 10.0 Å². The Hall–Kier alpha value is -2.83. The number of thiophene rings is 1. The molecule has 12 heteroatoms. The number of ether oxygens (including phenoxy) is 2. The molecule has 1 aliphatic rings. The summed E-state index contributed by atoms with van der Waals surface area (Å²) in [6, 6.07) is 4.11. The van der Waals surface area contributed by atoms with E-state index in [4.69, 9.17) is 9.47 Å². The second-order valence-electron chi connectivity index (χ2n) is 7.03. The van der Waals surface area contributed by atoms with Crippen LogP contribution in [0.15, 0.2) is 24.5 Å². The highest BCUT2D eigenvalue weighted by atomic mass is 32.2. The fraction of sp³-hybridized carbons (Fsp3) is 0.350. The molecule has 4 rings (SSSR count). The van der Waals surface area contributed by atoms with Gasteiger partial charge in [0.25, 0.3) is 5.91 Å². The zero-order chi connectivity index (χ0) is 22.2. The number of fused-ring (bicyclic) bond motifs is 1. The van der Waals surface area contributed by atoms with Gasteiger partial charge in [0.05, 0.1) is 35.4 Å². The predicted molar refractivity (Wildman–Crippen MR) is 121 cm³/mol. The van der Waals surface area contributed by atoms with Crippen LogP contribution >= 0.6 is 11.3 Å². The molecule has 0 bridgehead atoms. The standard InChI is InChI=1S/C19H19FN4O5S2.CH4/c1-10-15-17(21-9-22-19(15)30-16(10)18(25)24-31(2,26)27)23-13-4-3-11(20)7-14(13)29-12-5-6-28-8-12;/h3-4,7,9,12H,5-6,8H2,1-2H3,(H,24,25)(H,21,22,23);1H4/t12-;/m1./s1. The molecular weight excluding hydrogens is 459 g/mol. The first kappa shape index (κ1) is 23.8. The first-order chi connectivity index (χ1) is 14.7. The Morgan fingerprint density at radius 3 is 2.81 bits per heavy atom. The number of aryl methyl sites for hydroxylation is 1. The number of aromatic nitrogens is 2. The maximum Gasteiger partial charge on any atom is 0.275 e. The van der Waals surface area contributed by atoms with Gasteiger partial charge in [0, 0.05) is 12.5 Å². The predicted octanol–water partition coefficient (Wildman–Crippen LogP) is 3.38. The summed E-state index contributed by atoms with van der Waals surface area (Å²) in [5.74, 6) is -0.485. The molecule has 0 unspecified atom stereocenters. The van der Waals surface area contributed by atoms with Crippen LogP contribution in [0.25, 0.3) is 10.2 Å². The van der Waals surface area contributed by atoms with Crippen LogP contribution in [0.4, 0.5) is 15.9 Å². The lowest BCUT2D eigenvalue weighted by molar-refractivity contribution is 0.0985. The van der Waals surface area contributed by atoms with E-state index in [1.807, 2.05) is 4.72 Å². The number of hydrogen-bond acceptors (Lipinski definition) is 9. The van der Waals surface area contributed by atoms with Crippen LogP contribution in [0.1, 0.15) is 29.1 Å². The van der Waals surface area contributed by atoms with Gasteiger partial charge in [-0.2, -0.15) is 0 Å². The van der Waals surface area contributed by atoms with Gasteiger partial charge in [0.1, 0.15) is 34.6 Å². The highest BCUT2D eigenvalue weighted by Crippen LogP contribution is 2.37. The summed E-state index contributed by atoms with van der Waals surface area (Å²) >= 11 is 1.05. The molecule has 1 amide bonds. The summed E-state index contributed by atoms with van der Waals surface area (Å²) in [7, 11) is -3.71. The Morgan fingerprint density at radius 1 is 1.34 bits per heavy atom. The molecule has 1 saturated heterocycles. The summed E-state index contributed by atoms with van der Waals surface area (Å²) in [6.07, 6.45) is 2.76. The summed E-state index contributed by atoms with van der Waals surface area (Å²) < 4.78 is 49.9. The van der Waals surface area contributed by atoms with Crippen LogP contribution in [0.2, 0.25) is 0 Å². The van der Waals surface area contributed by atoms with Gasteiger partial charge in [-0.3, -0.25) is 4.79 Å². The molecule has 3 aromatic rings. The zero-order valence-corrected chi connectivity index (χ0v) is 18.3.